The highest BCUT2D eigenvalue weighted by Gasteiger charge is 2.36. The Labute approximate surface area is 151 Å². The van der Waals surface area contributed by atoms with Crippen LogP contribution in [0.25, 0.3) is 0 Å². The molecule has 0 aliphatic carbocycles. The molecule has 2 N–H and O–H groups in total. The molecule has 1 aliphatic rings. The average Bonchev–Trinajstić information content (AvgIpc) is 2.99. The number of nitrogens with zero attached hydrogens (tertiary/aromatic N) is 1. The van der Waals surface area contributed by atoms with Crippen molar-refractivity contribution in [1.29, 1.82) is 0 Å². The van der Waals surface area contributed by atoms with E-state index in [-0.39, 0.29) is 18.4 Å². The lowest BCUT2D eigenvalue weighted by Crippen LogP contribution is -2.40. The first-order valence-electron chi connectivity index (χ1n) is 9.38. The third-order valence-electron chi connectivity index (χ3n) is 5.20. The number of amides is 1. The number of benzene rings is 1. The Morgan fingerprint density at radius 2 is 2.08 bits per heavy atom. The molecule has 4 heteroatoms. The number of hydrogen-bond acceptors (Lipinski definition) is 3. The van der Waals surface area contributed by atoms with E-state index in [1.807, 2.05) is 24.3 Å². The molecule has 1 aromatic carbocycles. The van der Waals surface area contributed by atoms with Crippen molar-refractivity contribution in [3.05, 3.63) is 42.0 Å². The molecule has 0 aromatic heterocycles. The highest BCUT2D eigenvalue weighted by molar-refractivity contribution is 5.97. The van der Waals surface area contributed by atoms with E-state index in [4.69, 9.17) is 0 Å². The molecule has 0 saturated heterocycles. The molecule has 1 unspecified atom stereocenters. The van der Waals surface area contributed by atoms with Gasteiger partial charge in [-0.15, -0.1) is 0 Å². The fourth-order valence-corrected chi connectivity index (χ4v) is 3.59. The number of anilines is 1. The van der Waals surface area contributed by atoms with Crippen LogP contribution in [-0.2, 0) is 4.79 Å². The molecule has 0 spiro atoms. The predicted octanol–water partition coefficient (Wildman–Crippen LogP) is 3.63. The lowest BCUT2D eigenvalue weighted by molar-refractivity contribution is -0.124. The summed E-state index contributed by atoms with van der Waals surface area (Å²) >= 11 is 0. The number of aliphatic hydroxyl groups excluding tert-OH is 2. The maximum atomic E-state index is 13.0. The number of carbonyl (C=O) groups excluding carboxylic acids is 1. The van der Waals surface area contributed by atoms with Gasteiger partial charge in [0.05, 0.1) is 12.0 Å². The van der Waals surface area contributed by atoms with Crippen LogP contribution in [0, 0.1) is 5.92 Å². The Kier molecular flexibility index (Phi) is 7.21. The van der Waals surface area contributed by atoms with Crippen molar-refractivity contribution in [3.63, 3.8) is 0 Å². The molecule has 1 amide bonds. The molecule has 138 valence electrons. The zero-order chi connectivity index (χ0) is 18.4. The van der Waals surface area contributed by atoms with Crippen molar-refractivity contribution < 1.29 is 15.0 Å². The Morgan fingerprint density at radius 3 is 2.76 bits per heavy atom. The van der Waals surface area contributed by atoms with Crippen molar-refractivity contribution in [1.82, 2.24) is 0 Å². The Bertz CT molecular complexity index is 599. The summed E-state index contributed by atoms with van der Waals surface area (Å²) in [7, 11) is 0. The van der Waals surface area contributed by atoms with Crippen LogP contribution in [0.4, 0.5) is 5.69 Å². The van der Waals surface area contributed by atoms with Gasteiger partial charge >= 0.3 is 0 Å². The SMILES string of the molecule is C=C(CCCCC)[C@@H](O)[C@H](C)C(=O)N1CC(CCO)c2ccccc21. The Hall–Kier alpha value is -1.65. The number of fused-ring (bicyclic) bond motifs is 1. The number of unbranched alkanes of at least 4 members (excludes halogenated alkanes) is 2. The minimum Gasteiger partial charge on any atom is -0.396 e. The minimum atomic E-state index is -0.812. The van der Waals surface area contributed by atoms with Gasteiger partial charge in [0.15, 0.2) is 0 Å². The van der Waals surface area contributed by atoms with E-state index in [9.17, 15) is 15.0 Å². The van der Waals surface area contributed by atoms with E-state index in [0.717, 1.165) is 42.5 Å². The van der Waals surface area contributed by atoms with Gasteiger partial charge < -0.3 is 15.1 Å². The van der Waals surface area contributed by atoms with E-state index < -0.39 is 12.0 Å². The van der Waals surface area contributed by atoms with Crippen LogP contribution >= 0.6 is 0 Å². The highest BCUT2D eigenvalue weighted by Crippen LogP contribution is 2.39. The maximum absolute atomic E-state index is 13.0. The fraction of sp³-hybridized carbons (Fsp3) is 0.571. The second-order valence-corrected chi connectivity index (χ2v) is 7.07. The lowest BCUT2D eigenvalue weighted by Gasteiger charge is -2.26. The van der Waals surface area contributed by atoms with E-state index in [1.54, 1.807) is 11.8 Å². The van der Waals surface area contributed by atoms with Crippen LogP contribution in [0.5, 0.6) is 0 Å². The minimum absolute atomic E-state index is 0.0722. The number of hydrogen-bond donors (Lipinski definition) is 2. The molecule has 0 saturated carbocycles. The molecule has 3 atom stereocenters. The smallest absolute Gasteiger partial charge is 0.232 e. The standard InChI is InChI=1S/C21H31NO3/c1-4-5-6-9-15(2)20(24)16(3)21(25)22-14-17(12-13-23)18-10-7-8-11-19(18)22/h7-8,10-11,16-17,20,23-24H,2,4-6,9,12-14H2,1,3H3/t16-,17?,20+/m0/s1. The predicted molar refractivity (Wildman–Crippen MR) is 102 cm³/mol. The Morgan fingerprint density at radius 1 is 1.36 bits per heavy atom. The van der Waals surface area contributed by atoms with Gasteiger partial charge in [-0.25, -0.2) is 0 Å². The summed E-state index contributed by atoms with van der Waals surface area (Å²) in [6, 6.07) is 7.85. The number of carbonyl (C=O) groups is 1. The molecule has 1 aromatic rings. The van der Waals surface area contributed by atoms with Crippen LogP contribution in [0.1, 0.15) is 57.4 Å². The van der Waals surface area contributed by atoms with Crippen LogP contribution in [0.3, 0.4) is 0 Å². The zero-order valence-corrected chi connectivity index (χ0v) is 15.4. The third-order valence-corrected chi connectivity index (χ3v) is 5.20. The lowest BCUT2D eigenvalue weighted by atomic mass is 9.93. The summed E-state index contributed by atoms with van der Waals surface area (Å²) in [5.74, 6) is -0.436. The number of para-hydroxylation sites is 1. The summed E-state index contributed by atoms with van der Waals surface area (Å²) < 4.78 is 0. The summed E-state index contributed by atoms with van der Waals surface area (Å²) in [6.07, 6.45) is 3.81. The van der Waals surface area contributed by atoms with E-state index in [0.29, 0.717) is 13.0 Å². The quantitative estimate of drug-likeness (QED) is 0.531. The van der Waals surface area contributed by atoms with Gasteiger partial charge in [0, 0.05) is 24.8 Å². The Balaban J connectivity index is 2.08. The van der Waals surface area contributed by atoms with Gasteiger partial charge in [0.2, 0.25) is 5.91 Å². The highest BCUT2D eigenvalue weighted by atomic mass is 16.3. The molecule has 0 bridgehead atoms. The number of aliphatic hydroxyl groups is 2. The largest absolute Gasteiger partial charge is 0.396 e. The molecule has 1 aliphatic heterocycles. The molecule has 0 fully saturated rings. The van der Waals surface area contributed by atoms with Crippen molar-refractivity contribution in [2.24, 2.45) is 5.92 Å². The van der Waals surface area contributed by atoms with Gasteiger partial charge in [0.25, 0.3) is 0 Å². The van der Waals surface area contributed by atoms with E-state index in [2.05, 4.69) is 13.5 Å². The molecule has 25 heavy (non-hydrogen) atoms. The van der Waals surface area contributed by atoms with Gasteiger partial charge in [-0.3, -0.25) is 4.79 Å². The van der Waals surface area contributed by atoms with Gasteiger partial charge in [-0.1, -0.05) is 51.5 Å². The van der Waals surface area contributed by atoms with Crippen molar-refractivity contribution >= 4 is 11.6 Å². The first-order chi connectivity index (χ1) is 12.0. The zero-order valence-electron chi connectivity index (χ0n) is 15.4. The van der Waals surface area contributed by atoms with Crippen LogP contribution in [-0.4, -0.2) is 35.4 Å². The fourth-order valence-electron chi connectivity index (χ4n) is 3.59. The van der Waals surface area contributed by atoms with Crippen molar-refractivity contribution in [2.45, 2.75) is 58.0 Å². The second-order valence-electron chi connectivity index (χ2n) is 7.07. The number of rotatable bonds is 9. The normalized spacial score (nSPS) is 18.7. The summed E-state index contributed by atoms with van der Waals surface area (Å²) in [4.78, 5) is 14.8. The molecule has 4 nitrogen and oxygen atoms in total. The molecule has 0 radical (unpaired) electrons. The summed E-state index contributed by atoms with van der Waals surface area (Å²) in [6.45, 7) is 8.58. The second kappa shape index (κ2) is 9.16. The third kappa shape index (κ3) is 4.50. The van der Waals surface area contributed by atoms with Crippen molar-refractivity contribution in [3.8, 4) is 0 Å². The maximum Gasteiger partial charge on any atom is 0.232 e. The van der Waals surface area contributed by atoms with Crippen LogP contribution < -0.4 is 4.90 Å². The van der Waals surface area contributed by atoms with Crippen LogP contribution in [0.2, 0.25) is 0 Å². The van der Waals surface area contributed by atoms with Gasteiger partial charge in [0.1, 0.15) is 0 Å². The summed E-state index contributed by atoms with van der Waals surface area (Å²) in [5, 5.41) is 19.8. The molecular weight excluding hydrogens is 314 g/mol. The van der Waals surface area contributed by atoms with Crippen LogP contribution in [0.15, 0.2) is 36.4 Å². The van der Waals surface area contributed by atoms with Crippen molar-refractivity contribution in [2.75, 3.05) is 18.1 Å². The first kappa shape index (κ1) is 19.7. The average molecular weight is 345 g/mol. The van der Waals surface area contributed by atoms with E-state index >= 15 is 0 Å². The molecule has 2 rings (SSSR count). The van der Waals surface area contributed by atoms with Gasteiger partial charge in [-0.05, 0) is 36.5 Å². The first-order valence-corrected chi connectivity index (χ1v) is 9.38. The summed E-state index contributed by atoms with van der Waals surface area (Å²) in [5.41, 5.74) is 2.75. The van der Waals surface area contributed by atoms with E-state index in [1.165, 1.54) is 0 Å². The topological polar surface area (TPSA) is 60.8 Å². The monoisotopic (exact) mass is 345 g/mol. The van der Waals surface area contributed by atoms with Gasteiger partial charge in [-0.2, -0.15) is 0 Å². The molecular formula is C21H31NO3. The molecule has 1 heterocycles.